The first-order valence-corrected chi connectivity index (χ1v) is 6.24. The van der Waals surface area contributed by atoms with Gasteiger partial charge >= 0.3 is 0 Å². The molecule has 0 saturated carbocycles. The quantitative estimate of drug-likeness (QED) is 0.819. The summed E-state index contributed by atoms with van der Waals surface area (Å²) in [4.78, 5) is 6.79. The Morgan fingerprint density at radius 3 is 3.06 bits per heavy atom. The summed E-state index contributed by atoms with van der Waals surface area (Å²) in [5, 5.41) is 12.5. The van der Waals surface area contributed by atoms with Crippen molar-refractivity contribution in [3.8, 4) is 0 Å². The van der Waals surface area contributed by atoms with Crippen LogP contribution in [0.25, 0.3) is 0 Å². The van der Waals surface area contributed by atoms with Gasteiger partial charge in [0.15, 0.2) is 0 Å². The van der Waals surface area contributed by atoms with Crippen LogP contribution in [-0.4, -0.2) is 36.3 Å². The van der Waals surface area contributed by atoms with Crippen LogP contribution in [0.1, 0.15) is 24.0 Å². The average Bonchev–Trinajstić information content (AvgIpc) is 2.77. The molecule has 1 aromatic rings. The summed E-state index contributed by atoms with van der Waals surface area (Å²) in [6, 6.07) is 2.42. The van der Waals surface area contributed by atoms with E-state index in [2.05, 4.69) is 28.2 Å². The van der Waals surface area contributed by atoms with Crippen molar-refractivity contribution >= 4 is 5.82 Å². The Morgan fingerprint density at radius 2 is 2.41 bits per heavy atom. The molecule has 1 aromatic heterocycles. The number of anilines is 1. The monoisotopic (exact) mass is 235 g/mol. The van der Waals surface area contributed by atoms with Crippen molar-refractivity contribution in [1.82, 2.24) is 10.3 Å². The van der Waals surface area contributed by atoms with Gasteiger partial charge in [0.05, 0.1) is 12.6 Å². The van der Waals surface area contributed by atoms with Crippen molar-refractivity contribution in [2.24, 2.45) is 0 Å². The maximum absolute atomic E-state index is 9.35. The van der Waals surface area contributed by atoms with Crippen LogP contribution >= 0.6 is 0 Å². The topological polar surface area (TPSA) is 48.4 Å². The Labute approximate surface area is 103 Å². The number of aliphatic hydroxyl groups is 1. The molecule has 0 aliphatic carbocycles. The summed E-state index contributed by atoms with van der Waals surface area (Å²) in [6.45, 7) is 4.16. The summed E-state index contributed by atoms with van der Waals surface area (Å²) in [5.74, 6) is 1.03. The molecule has 0 aromatic carbocycles. The van der Waals surface area contributed by atoms with E-state index in [1.165, 1.54) is 11.1 Å². The van der Waals surface area contributed by atoms with Gasteiger partial charge in [-0.1, -0.05) is 0 Å². The fraction of sp³-hybridized carbons (Fsp3) is 0.615. The molecule has 2 rings (SSSR count). The second kappa shape index (κ2) is 5.47. The zero-order chi connectivity index (χ0) is 12.3. The van der Waals surface area contributed by atoms with Crippen LogP contribution in [0.3, 0.4) is 0 Å². The third-order valence-electron chi connectivity index (χ3n) is 3.35. The van der Waals surface area contributed by atoms with Crippen molar-refractivity contribution in [2.45, 2.75) is 32.4 Å². The van der Waals surface area contributed by atoms with Gasteiger partial charge < -0.3 is 15.3 Å². The zero-order valence-corrected chi connectivity index (χ0v) is 10.6. The van der Waals surface area contributed by atoms with Crippen molar-refractivity contribution in [2.75, 3.05) is 25.1 Å². The van der Waals surface area contributed by atoms with E-state index in [1.807, 2.05) is 13.2 Å². The first kappa shape index (κ1) is 12.3. The molecule has 2 heterocycles. The molecule has 0 bridgehead atoms. The number of rotatable bonds is 4. The van der Waals surface area contributed by atoms with Crippen molar-refractivity contribution < 1.29 is 5.11 Å². The van der Waals surface area contributed by atoms with Crippen LogP contribution in [0.4, 0.5) is 5.82 Å². The predicted octanol–water partition coefficient (Wildman–Crippen LogP) is 1.07. The second-order valence-electron chi connectivity index (χ2n) is 4.69. The molecular weight excluding hydrogens is 214 g/mol. The second-order valence-corrected chi connectivity index (χ2v) is 4.69. The summed E-state index contributed by atoms with van der Waals surface area (Å²) in [5.41, 5.74) is 2.39. The third kappa shape index (κ3) is 2.58. The van der Waals surface area contributed by atoms with Crippen LogP contribution < -0.4 is 10.2 Å². The minimum absolute atomic E-state index is 0.222. The molecule has 17 heavy (non-hydrogen) atoms. The maximum Gasteiger partial charge on any atom is 0.131 e. The molecule has 1 fully saturated rings. The van der Waals surface area contributed by atoms with Crippen molar-refractivity contribution in [3.63, 3.8) is 0 Å². The molecule has 0 spiro atoms. The number of aromatic nitrogens is 1. The fourth-order valence-electron chi connectivity index (χ4n) is 2.53. The third-order valence-corrected chi connectivity index (χ3v) is 3.35. The standard InChI is InChI=1S/C13H21N3O/c1-10-6-11(7-14-2)8-15-13(10)16-5-3-4-12(16)9-17/h6,8,12,14,17H,3-5,7,9H2,1-2H3. The molecular formula is C13H21N3O. The highest BCUT2D eigenvalue weighted by Crippen LogP contribution is 2.26. The van der Waals surface area contributed by atoms with Gasteiger partial charge in [-0.25, -0.2) is 4.98 Å². The van der Waals surface area contributed by atoms with E-state index in [4.69, 9.17) is 0 Å². The highest BCUT2D eigenvalue weighted by molar-refractivity contribution is 5.49. The van der Waals surface area contributed by atoms with Gasteiger partial charge in [0, 0.05) is 19.3 Å². The highest BCUT2D eigenvalue weighted by atomic mass is 16.3. The zero-order valence-electron chi connectivity index (χ0n) is 10.6. The minimum Gasteiger partial charge on any atom is -0.394 e. The number of aryl methyl sites for hydroxylation is 1. The van der Waals surface area contributed by atoms with Gasteiger partial charge in [0.25, 0.3) is 0 Å². The lowest BCUT2D eigenvalue weighted by molar-refractivity contribution is 0.266. The molecule has 1 saturated heterocycles. The van der Waals surface area contributed by atoms with Gasteiger partial charge in [-0.2, -0.15) is 0 Å². The Kier molecular flexibility index (Phi) is 3.97. The maximum atomic E-state index is 9.35. The van der Waals surface area contributed by atoms with E-state index in [9.17, 15) is 5.11 Å². The number of pyridine rings is 1. The largest absolute Gasteiger partial charge is 0.394 e. The minimum atomic E-state index is 0.222. The Bertz CT molecular complexity index is 381. The van der Waals surface area contributed by atoms with Gasteiger partial charge in [0.2, 0.25) is 0 Å². The Hall–Kier alpha value is -1.13. The van der Waals surface area contributed by atoms with E-state index in [-0.39, 0.29) is 12.6 Å². The molecule has 1 atom stereocenters. The number of nitrogens with zero attached hydrogens (tertiary/aromatic N) is 2. The highest BCUT2D eigenvalue weighted by Gasteiger charge is 2.25. The van der Waals surface area contributed by atoms with Gasteiger partial charge in [0.1, 0.15) is 5.82 Å². The molecule has 2 N–H and O–H groups in total. The first-order valence-electron chi connectivity index (χ1n) is 6.24. The van der Waals surface area contributed by atoms with Crippen LogP contribution in [-0.2, 0) is 6.54 Å². The van der Waals surface area contributed by atoms with E-state index in [0.717, 1.165) is 31.7 Å². The van der Waals surface area contributed by atoms with Gasteiger partial charge in [-0.3, -0.25) is 0 Å². The van der Waals surface area contributed by atoms with E-state index in [0.29, 0.717) is 0 Å². The number of nitrogens with one attached hydrogen (secondary N) is 1. The van der Waals surface area contributed by atoms with Crippen LogP contribution in [0.15, 0.2) is 12.3 Å². The van der Waals surface area contributed by atoms with Crippen LogP contribution in [0.2, 0.25) is 0 Å². The van der Waals surface area contributed by atoms with Crippen molar-refractivity contribution in [3.05, 3.63) is 23.4 Å². The molecule has 0 amide bonds. The summed E-state index contributed by atoms with van der Waals surface area (Å²) >= 11 is 0. The summed E-state index contributed by atoms with van der Waals surface area (Å²) in [7, 11) is 1.94. The predicted molar refractivity (Wildman–Crippen MR) is 69.2 cm³/mol. The Balaban J connectivity index is 2.20. The molecule has 1 aliphatic rings. The summed E-state index contributed by atoms with van der Waals surface area (Å²) in [6.07, 6.45) is 4.13. The lowest BCUT2D eigenvalue weighted by Gasteiger charge is -2.25. The average molecular weight is 235 g/mol. The van der Waals surface area contributed by atoms with E-state index >= 15 is 0 Å². The Morgan fingerprint density at radius 1 is 1.59 bits per heavy atom. The lowest BCUT2D eigenvalue weighted by Crippen LogP contribution is -2.33. The normalized spacial score (nSPS) is 19.9. The number of hydrogen-bond donors (Lipinski definition) is 2. The first-order chi connectivity index (χ1) is 8.26. The van der Waals surface area contributed by atoms with Gasteiger partial charge in [-0.15, -0.1) is 0 Å². The molecule has 4 nitrogen and oxygen atoms in total. The lowest BCUT2D eigenvalue weighted by atomic mass is 10.2. The fourth-order valence-corrected chi connectivity index (χ4v) is 2.53. The van der Waals surface area contributed by atoms with E-state index in [1.54, 1.807) is 0 Å². The molecule has 94 valence electrons. The smallest absolute Gasteiger partial charge is 0.131 e. The SMILES string of the molecule is CNCc1cnc(N2CCCC2CO)c(C)c1. The van der Waals surface area contributed by atoms with Crippen molar-refractivity contribution in [1.29, 1.82) is 0 Å². The van der Waals surface area contributed by atoms with Gasteiger partial charge in [-0.05, 0) is 44.0 Å². The van der Waals surface area contributed by atoms with Crippen LogP contribution in [0, 0.1) is 6.92 Å². The molecule has 1 unspecified atom stereocenters. The number of hydrogen-bond acceptors (Lipinski definition) is 4. The molecule has 1 aliphatic heterocycles. The van der Waals surface area contributed by atoms with Crippen LogP contribution in [0.5, 0.6) is 0 Å². The summed E-state index contributed by atoms with van der Waals surface area (Å²) < 4.78 is 0. The van der Waals surface area contributed by atoms with E-state index < -0.39 is 0 Å². The molecule has 4 heteroatoms. The molecule has 0 radical (unpaired) electrons. The number of aliphatic hydroxyl groups excluding tert-OH is 1.